The number of imidazole rings is 1. The SMILES string of the molecule is CC(C)(C)c1ccc(COC(=O)n2c(C(F)(F)F)nc3c([N+](=O)[O-])cc(C(F)(F)F)cc32)cc1. The molecule has 182 valence electrons. The van der Waals surface area contributed by atoms with Crippen molar-refractivity contribution in [3.63, 3.8) is 0 Å². The Balaban J connectivity index is 2.08. The molecule has 0 saturated heterocycles. The number of alkyl halides is 6. The summed E-state index contributed by atoms with van der Waals surface area (Å²) in [5.41, 5.74) is -3.88. The molecule has 0 aliphatic carbocycles. The topological polar surface area (TPSA) is 87.3 Å². The van der Waals surface area contributed by atoms with Gasteiger partial charge in [0.15, 0.2) is 5.52 Å². The van der Waals surface area contributed by atoms with Crippen molar-refractivity contribution >= 4 is 22.8 Å². The minimum atomic E-state index is -5.32. The normalized spacial score (nSPS) is 12.7. The predicted molar refractivity (Wildman–Crippen MR) is 107 cm³/mol. The van der Waals surface area contributed by atoms with Crippen LogP contribution >= 0.6 is 0 Å². The second-order valence-corrected chi connectivity index (χ2v) is 8.39. The second-order valence-electron chi connectivity index (χ2n) is 8.39. The van der Waals surface area contributed by atoms with Crippen LogP contribution in [0, 0.1) is 10.1 Å². The number of ether oxygens (including phenoxy) is 1. The number of nitrogens with zero attached hydrogens (tertiary/aromatic N) is 3. The van der Waals surface area contributed by atoms with Crippen LogP contribution in [0.4, 0.5) is 36.8 Å². The molecule has 1 aromatic heterocycles. The van der Waals surface area contributed by atoms with Gasteiger partial charge in [0.2, 0.25) is 5.82 Å². The number of hydrogen-bond acceptors (Lipinski definition) is 5. The minimum Gasteiger partial charge on any atom is -0.444 e. The number of carbonyl (C=O) groups is 1. The zero-order chi connectivity index (χ0) is 25.6. The molecule has 3 rings (SSSR count). The number of nitro groups is 1. The van der Waals surface area contributed by atoms with E-state index in [1.807, 2.05) is 20.8 Å². The van der Waals surface area contributed by atoms with Crippen molar-refractivity contribution in [3.8, 4) is 0 Å². The maximum atomic E-state index is 13.6. The average molecular weight is 489 g/mol. The van der Waals surface area contributed by atoms with E-state index in [-0.39, 0.29) is 22.1 Å². The molecule has 0 aliphatic heterocycles. The van der Waals surface area contributed by atoms with Gasteiger partial charge in [-0.2, -0.15) is 26.3 Å². The number of non-ortho nitro benzene ring substituents is 1. The molecule has 7 nitrogen and oxygen atoms in total. The molecule has 0 unspecified atom stereocenters. The highest BCUT2D eigenvalue weighted by molar-refractivity contribution is 5.93. The molecule has 0 atom stereocenters. The Morgan fingerprint density at radius 2 is 1.59 bits per heavy atom. The Kier molecular flexibility index (Phi) is 6.10. The molecule has 0 aliphatic rings. The van der Waals surface area contributed by atoms with Gasteiger partial charge in [-0.3, -0.25) is 10.1 Å². The van der Waals surface area contributed by atoms with Gasteiger partial charge < -0.3 is 4.74 Å². The van der Waals surface area contributed by atoms with E-state index < -0.39 is 58.1 Å². The monoisotopic (exact) mass is 489 g/mol. The lowest BCUT2D eigenvalue weighted by atomic mass is 9.87. The third kappa shape index (κ3) is 4.97. The molecule has 2 aromatic carbocycles. The number of aromatic nitrogens is 2. The van der Waals surface area contributed by atoms with E-state index in [1.54, 1.807) is 24.3 Å². The van der Waals surface area contributed by atoms with Gasteiger partial charge in [-0.1, -0.05) is 45.0 Å². The van der Waals surface area contributed by atoms with Crippen LogP contribution in [-0.2, 0) is 29.1 Å². The van der Waals surface area contributed by atoms with Gasteiger partial charge in [0.1, 0.15) is 6.61 Å². The summed E-state index contributed by atoms with van der Waals surface area (Å²) in [5, 5.41) is 11.2. The first kappa shape index (κ1) is 25.0. The third-order valence-corrected chi connectivity index (χ3v) is 4.88. The second kappa shape index (κ2) is 8.29. The van der Waals surface area contributed by atoms with Crippen LogP contribution in [0.2, 0.25) is 0 Å². The fourth-order valence-electron chi connectivity index (χ4n) is 3.15. The first-order valence-corrected chi connectivity index (χ1v) is 9.62. The van der Waals surface area contributed by atoms with Gasteiger partial charge in [0.25, 0.3) is 5.69 Å². The Labute approximate surface area is 188 Å². The third-order valence-electron chi connectivity index (χ3n) is 4.88. The van der Waals surface area contributed by atoms with Crippen LogP contribution < -0.4 is 0 Å². The van der Waals surface area contributed by atoms with Gasteiger partial charge in [-0.15, -0.1) is 0 Å². The number of hydrogen-bond donors (Lipinski definition) is 0. The summed E-state index contributed by atoms with van der Waals surface area (Å²) in [7, 11) is 0. The fourth-order valence-corrected chi connectivity index (χ4v) is 3.15. The van der Waals surface area contributed by atoms with Gasteiger partial charge in [-0.05, 0) is 22.6 Å². The van der Waals surface area contributed by atoms with Crippen LogP contribution in [0.25, 0.3) is 11.0 Å². The van der Waals surface area contributed by atoms with E-state index in [9.17, 15) is 41.3 Å². The van der Waals surface area contributed by atoms with Gasteiger partial charge in [0.05, 0.1) is 16.0 Å². The molecule has 0 saturated carbocycles. The van der Waals surface area contributed by atoms with Gasteiger partial charge in [0, 0.05) is 6.07 Å². The van der Waals surface area contributed by atoms with E-state index in [0.29, 0.717) is 5.56 Å². The van der Waals surface area contributed by atoms with Crippen LogP contribution in [-0.4, -0.2) is 20.6 Å². The van der Waals surface area contributed by atoms with Crippen molar-refractivity contribution in [1.29, 1.82) is 0 Å². The van der Waals surface area contributed by atoms with E-state index in [0.717, 1.165) is 5.56 Å². The number of benzene rings is 2. The van der Waals surface area contributed by atoms with Gasteiger partial charge in [-0.25, -0.2) is 14.3 Å². The van der Waals surface area contributed by atoms with Crippen LogP contribution in [0.1, 0.15) is 43.3 Å². The van der Waals surface area contributed by atoms with Crippen molar-refractivity contribution in [2.24, 2.45) is 0 Å². The summed E-state index contributed by atoms with van der Waals surface area (Å²) in [4.78, 5) is 25.6. The highest BCUT2D eigenvalue weighted by atomic mass is 19.4. The van der Waals surface area contributed by atoms with Crippen molar-refractivity contribution in [2.45, 2.75) is 45.1 Å². The predicted octanol–water partition coefficient (Wildman–Crippen LogP) is 6.46. The summed E-state index contributed by atoms with van der Waals surface area (Å²) in [6, 6.07) is 6.87. The molecule has 1 heterocycles. The molecule has 34 heavy (non-hydrogen) atoms. The first-order valence-electron chi connectivity index (χ1n) is 9.62. The molecule has 0 N–H and O–H groups in total. The van der Waals surface area contributed by atoms with Crippen molar-refractivity contribution in [1.82, 2.24) is 9.55 Å². The summed E-state index contributed by atoms with van der Waals surface area (Å²) in [5.74, 6) is -1.95. The van der Waals surface area contributed by atoms with Crippen LogP contribution in [0.15, 0.2) is 36.4 Å². The largest absolute Gasteiger partial charge is 0.450 e. The van der Waals surface area contributed by atoms with Crippen molar-refractivity contribution in [3.05, 3.63) is 69.0 Å². The maximum absolute atomic E-state index is 13.6. The molecule has 3 aromatic rings. The molecule has 0 spiro atoms. The molecular formula is C21H17F6N3O4. The van der Waals surface area contributed by atoms with Crippen molar-refractivity contribution < 1.29 is 40.8 Å². The highest BCUT2D eigenvalue weighted by Crippen LogP contribution is 2.39. The van der Waals surface area contributed by atoms with Crippen LogP contribution in [0.3, 0.4) is 0 Å². The lowest BCUT2D eigenvalue weighted by Gasteiger charge is -2.19. The molecule has 0 amide bonds. The number of rotatable bonds is 3. The smallest absolute Gasteiger partial charge is 0.444 e. The lowest BCUT2D eigenvalue weighted by molar-refractivity contribution is -0.383. The molecule has 13 heteroatoms. The zero-order valence-electron chi connectivity index (χ0n) is 17.9. The minimum absolute atomic E-state index is 0.0575. The number of carbonyl (C=O) groups excluding carboxylic acids is 1. The van der Waals surface area contributed by atoms with Gasteiger partial charge >= 0.3 is 18.4 Å². The fraction of sp³-hybridized carbons (Fsp3) is 0.333. The molecule has 0 radical (unpaired) electrons. The van der Waals surface area contributed by atoms with E-state index in [1.165, 1.54) is 0 Å². The van der Waals surface area contributed by atoms with E-state index >= 15 is 0 Å². The highest BCUT2D eigenvalue weighted by Gasteiger charge is 2.43. The quantitative estimate of drug-likeness (QED) is 0.239. The molecular weight excluding hydrogens is 472 g/mol. The Bertz CT molecular complexity index is 1260. The number of halogens is 6. The number of nitro benzene ring substituents is 1. The summed E-state index contributed by atoms with van der Waals surface area (Å²) in [6.07, 6.45) is -12.1. The lowest BCUT2D eigenvalue weighted by Crippen LogP contribution is -2.22. The maximum Gasteiger partial charge on any atom is 0.450 e. The first-order chi connectivity index (χ1) is 15.5. The van der Waals surface area contributed by atoms with Crippen LogP contribution in [0.5, 0.6) is 0 Å². The standard InChI is InChI=1S/C21H17F6N3O4/c1-19(2,3)12-6-4-11(5-7-12)10-34-18(31)29-14-8-13(20(22,23)24)9-15(30(32)33)16(14)28-17(29)21(25,26)27/h4-9H,10H2,1-3H3. The zero-order valence-corrected chi connectivity index (χ0v) is 17.9. The Hall–Kier alpha value is -3.64. The molecule has 0 bridgehead atoms. The Morgan fingerprint density at radius 1 is 1.00 bits per heavy atom. The summed E-state index contributed by atoms with van der Waals surface area (Å²) >= 11 is 0. The van der Waals surface area contributed by atoms with Crippen molar-refractivity contribution in [2.75, 3.05) is 0 Å². The Morgan fingerprint density at radius 3 is 2.06 bits per heavy atom. The summed E-state index contributed by atoms with van der Waals surface area (Å²) in [6.45, 7) is 5.37. The van der Waals surface area contributed by atoms with E-state index in [4.69, 9.17) is 4.74 Å². The summed E-state index contributed by atoms with van der Waals surface area (Å²) < 4.78 is 85.0. The molecule has 0 fully saturated rings. The average Bonchev–Trinajstić information content (AvgIpc) is 3.10. The number of fused-ring (bicyclic) bond motifs is 1. The van der Waals surface area contributed by atoms with E-state index in [2.05, 4.69) is 4.98 Å².